The Kier molecular flexibility index (Phi) is 6.68. The highest BCUT2D eigenvalue weighted by Gasteiger charge is 2.18. The number of ether oxygens (including phenoxy) is 1. The van der Waals surface area contributed by atoms with Gasteiger partial charge in [-0.15, -0.1) is 0 Å². The van der Waals surface area contributed by atoms with Crippen LogP contribution in [-0.4, -0.2) is 67.4 Å². The number of aliphatic hydroxyl groups is 1. The second kappa shape index (κ2) is 8.51. The topological polar surface area (TPSA) is 35.9 Å². The van der Waals surface area contributed by atoms with E-state index in [1.165, 1.54) is 5.56 Å². The summed E-state index contributed by atoms with van der Waals surface area (Å²) in [4.78, 5) is 4.64. The van der Waals surface area contributed by atoms with Crippen molar-refractivity contribution in [3.63, 3.8) is 0 Å². The Bertz CT molecular complexity index is 444. The molecule has 0 amide bonds. The summed E-state index contributed by atoms with van der Waals surface area (Å²) in [5, 5.41) is 10.2. The Balaban J connectivity index is 1.82. The zero-order valence-electron chi connectivity index (χ0n) is 14.2. The van der Waals surface area contributed by atoms with Gasteiger partial charge in [-0.2, -0.15) is 0 Å². The molecule has 1 aromatic rings. The summed E-state index contributed by atoms with van der Waals surface area (Å²) in [6.45, 7) is 9.65. The van der Waals surface area contributed by atoms with Gasteiger partial charge in [0.2, 0.25) is 0 Å². The molecule has 2 atom stereocenters. The first-order valence-electron chi connectivity index (χ1n) is 8.40. The maximum atomic E-state index is 10.2. The minimum absolute atomic E-state index is 0.361. The third kappa shape index (κ3) is 4.97. The van der Waals surface area contributed by atoms with E-state index in [-0.39, 0.29) is 0 Å². The van der Waals surface area contributed by atoms with Crippen LogP contribution in [0, 0.1) is 0 Å². The van der Waals surface area contributed by atoms with Crippen molar-refractivity contribution in [2.24, 2.45) is 0 Å². The molecule has 1 aliphatic rings. The Hall–Kier alpha value is -1.10. The van der Waals surface area contributed by atoms with Crippen molar-refractivity contribution >= 4 is 0 Å². The van der Waals surface area contributed by atoms with Gasteiger partial charge in [0.05, 0.1) is 0 Å². The molecule has 1 aliphatic heterocycles. The number of para-hydroxylation sites is 1. The predicted molar refractivity (Wildman–Crippen MR) is 90.6 cm³/mol. The summed E-state index contributed by atoms with van der Waals surface area (Å²) in [6.07, 6.45) is 0.651. The molecule has 22 heavy (non-hydrogen) atoms. The van der Waals surface area contributed by atoms with Crippen LogP contribution >= 0.6 is 0 Å². The van der Waals surface area contributed by atoms with Gasteiger partial charge >= 0.3 is 0 Å². The van der Waals surface area contributed by atoms with Crippen molar-refractivity contribution in [2.75, 3.05) is 46.4 Å². The van der Waals surface area contributed by atoms with E-state index >= 15 is 0 Å². The first-order valence-corrected chi connectivity index (χ1v) is 8.40. The number of hydrogen-bond acceptors (Lipinski definition) is 4. The smallest absolute Gasteiger partial charge is 0.122 e. The maximum absolute atomic E-state index is 10.2. The molecule has 0 radical (unpaired) electrons. The fourth-order valence-electron chi connectivity index (χ4n) is 2.81. The zero-order chi connectivity index (χ0) is 15.9. The van der Waals surface area contributed by atoms with Crippen molar-refractivity contribution in [1.82, 2.24) is 9.80 Å². The summed E-state index contributed by atoms with van der Waals surface area (Å²) < 4.78 is 5.90. The molecule has 0 aliphatic carbocycles. The van der Waals surface area contributed by atoms with Gasteiger partial charge in [0.1, 0.15) is 18.5 Å². The second-order valence-electron chi connectivity index (χ2n) is 6.42. The van der Waals surface area contributed by atoms with Gasteiger partial charge in [0, 0.05) is 32.7 Å². The van der Waals surface area contributed by atoms with Gasteiger partial charge in [0.15, 0.2) is 0 Å². The van der Waals surface area contributed by atoms with Gasteiger partial charge in [-0.25, -0.2) is 0 Å². The Morgan fingerprint density at radius 1 is 1.18 bits per heavy atom. The summed E-state index contributed by atoms with van der Waals surface area (Å²) in [7, 11) is 2.14. The van der Waals surface area contributed by atoms with E-state index < -0.39 is 6.10 Å². The van der Waals surface area contributed by atoms with Gasteiger partial charge in [-0.05, 0) is 31.0 Å². The van der Waals surface area contributed by atoms with Gasteiger partial charge in [-0.3, -0.25) is 4.90 Å². The van der Waals surface area contributed by atoms with Crippen LogP contribution in [0.2, 0.25) is 0 Å². The third-order valence-electron chi connectivity index (χ3n) is 4.56. The minimum Gasteiger partial charge on any atom is -0.491 e. The molecule has 1 heterocycles. The predicted octanol–water partition coefficient (Wildman–Crippen LogP) is 2.19. The Morgan fingerprint density at radius 3 is 2.55 bits per heavy atom. The average Bonchev–Trinajstić information content (AvgIpc) is 2.54. The molecule has 124 valence electrons. The molecule has 0 spiro atoms. The number of piperazine rings is 1. The molecule has 1 saturated heterocycles. The van der Waals surface area contributed by atoms with Crippen molar-refractivity contribution in [3.05, 3.63) is 29.8 Å². The number of benzene rings is 1. The number of hydrogen-bond donors (Lipinski definition) is 1. The van der Waals surface area contributed by atoms with Crippen molar-refractivity contribution in [1.29, 1.82) is 0 Å². The molecule has 1 N–H and O–H groups in total. The second-order valence-corrected chi connectivity index (χ2v) is 6.42. The lowest BCUT2D eigenvalue weighted by Crippen LogP contribution is -2.47. The highest BCUT2D eigenvalue weighted by Crippen LogP contribution is 2.28. The summed E-state index contributed by atoms with van der Waals surface area (Å²) in [6, 6.07) is 8.17. The van der Waals surface area contributed by atoms with Crippen LogP contribution in [0.5, 0.6) is 5.75 Å². The van der Waals surface area contributed by atoms with E-state index in [2.05, 4.69) is 42.8 Å². The quantitative estimate of drug-likeness (QED) is 0.838. The largest absolute Gasteiger partial charge is 0.491 e. The molecule has 0 saturated carbocycles. The van der Waals surface area contributed by atoms with Crippen LogP contribution < -0.4 is 4.74 Å². The van der Waals surface area contributed by atoms with Crippen LogP contribution in [0.3, 0.4) is 0 Å². The molecule has 4 nitrogen and oxygen atoms in total. The molecular weight excluding hydrogens is 276 g/mol. The SMILES string of the molecule is CCC(C)c1ccccc1OCC(O)CN1CCN(C)CC1. The normalized spacial score (nSPS) is 19.8. The molecule has 0 aromatic heterocycles. The molecule has 2 unspecified atom stereocenters. The van der Waals surface area contributed by atoms with Crippen molar-refractivity contribution < 1.29 is 9.84 Å². The molecule has 1 aromatic carbocycles. The molecule has 0 bridgehead atoms. The summed E-state index contributed by atoms with van der Waals surface area (Å²) in [5.41, 5.74) is 1.23. The van der Waals surface area contributed by atoms with Crippen LogP contribution in [-0.2, 0) is 0 Å². The number of aliphatic hydroxyl groups excluding tert-OH is 1. The monoisotopic (exact) mass is 306 g/mol. The van der Waals surface area contributed by atoms with Crippen molar-refractivity contribution in [2.45, 2.75) is 32.3 Å². The lowest BCUT2D eigenvalue weighted by Gasteiger charge is -2.33. The fourth-order valence-corrected chi connectivity index (χ4v) is 2.81. The van der Waals surface area contributed by atoms with E-state index in [4.69, 9.17) is 4.74 Å². The van der Waals surface area contributed by atoms with E-state index in [1.807, 2.05) is 12.1 Å². The lowest BCUT2D eigenvalue weighted by atomic mass is 9.98. The van der Waals surface area contributed by atoms with Gasteiger partial charge in [0.25, 0.3) is 0 Å². The number of nitrogens with zero attached hydrogens (tertiary/aromatic N) is 2. The van der Waals surface area contributed by atoms with Crippen LogP contribution in [0.1, 0.15) is 31.7 Å². The summed E-state index contributed by atoms with van der Waals surface area (Å²) in [5.74, 6) is 1.39. The van der Waals surface area contributed by atoms with Gasteiger partial charge < -0.3 is 14.7 Å². The zero-order valence-corrected chi connectivity index (χ0v) is 14.2. The van der Waals surface area contributed by atoms with Gasteiger partial charge in [-0.1, -0.05) is 32.0 Å². The van der Waals surface area contributed by atoms with Crippen molar-refractivity contribution in [3.8, 4) is 5.75 Å². The molecular formula is C18H30N2O2. The standard InChI is InChI=1S/C18H30N2O2/c1-4-15(2)17-7-5-6-8-18(17)22-14-16(21)13-20-11-9-19(3)10-12-20/h5-8,15-16,21H,4,9-14H2,1-3H3. The molecule has 4 heteroatoms. The Morgan fingerprint density at radius 2 is 1.86 bits per heavy atom. The Labute approximate surface area is 134 Å². The maximum Gasteiger partial charge on any atom is 0.122 e. The lowest BCUT2D eigenvalue weighted by molar-refractivity contribution is 0.0501. The van der Waals surface area contributed by atoms with Crippen LogP contribution in [0.4, 0.5) is 0 Å². The highest BCUT2D eigenvalue weighted by molar-refractivity contribution is 5.35. The summed E-state index contributed by atoms with van der Waals surface area (Å²) >= 11 is 0. The van der Waals surface area contributed by atoms with Crippen LogP contribution in [0.15, 0.2) is 24.3 Å². The molecule has 2 rings (SSSR count). The van der Waals surface area contributed by atoms with Crippen LogP contribution in [0.25, 0.3) is 0 Å². The van der Waals surface area contributed by atoms with E-state index in [9.17, 15) is 5.11 Å². The average molecular weight is 306 g/mol. The molecule has 1 fully saturated rings. The minimum atomic E-state index is -0.437. The fraction of sp³-hybridized carbons (Fsp3) is 0.667. The highest BCUT2D eigenvalue weighted by atomic mass is 16.5. The first kappa shape index (κ1) is 17.3. The number of rotatable bonds is 7. The van der Waals surface area contributed by atoms with E-state index in [0.29, 0.717) is 19.1 Å². The van der Waals surface area contributed by atoms with E-state index in [1.54, 1.807) is 0 Å². The number of β-amino-alcohol motifs (C(OH)–C–C–N with tert-alkyl or cyclic N) is 1. The van der Waals surface area contributed by atoms with E-state index in [0.717, 1.165) is 38.3 Å². The number of likely N-dealkylation sites (N-methyl/N-ethyl adjacent to an activating group) is 1. The third-order valence-corrected chi connectivity index (χ3v) is 4.56. The first-order chi connectivity index (χ1) is 10.6.